The van der Waals surface area contributed by atoms with E-state index >= 15 is 0 Å². The van der Waals surface area contributed by atoms with Gasteiger partial charge in [0.05, 0.1) is 16.7 Å². The molecule has 12 rings (SSSR count). The first kappa shape index (κ1) is 33.7. The highest BCUT2D eigenvalue weighted by Gasteiger charge is 2.36. The van der Waals surface area contributed by atoms with Crippen molar-refractivity contribution in [2.75, 3.05) is 4.90 Å². The molecule has 0 amide bonds. The summed E-state index contributed by atoms with van der Waals surface area (Å²) in [6, 6.07) is 76.1. The quantitative estimate of drug-likeness (QED) is 0.159. The Morgan fingerprint density at radius 3 is 1.75 bits per heavy atom. The maximum Gasteiger partial charge on any atom is 0.0626 e. The van der Waals surface area contributed by atoms with E-state index in [2.05, 4.69) is 230 Å². The van der Waals surface area contributed by atoms with Crippen LogP contribution in [-0.4, -0.2) is 4.57 Å². The number of aromatic nitrogens is 1. The van der Waals surface area contributed by atoms with Crippen LogP contribution in [0.3, 0.4) is 0 Å². The van der Waals surface area contributed by atoms with Crippen LogP contribution in [0.1, 0.15) is 25.0 Å². The fourth-order valence-corrected chi connectivity index (χ4v) is 10.2. The van der Waals surface area contributed by atoms with Crippen molar-refractivity contribution in [1.82, 2.24) is 4.57 Å². The summed E-state index contributed by atoms with van der Waals surface area (Å²) in [6.07, 6.45) is 0. The Kier molecular flexibility index (Phi) is 7.31. The molecule has 0 saturated carbocycles. The molecule has 1 heterocycles. The van der Waals surface area contributed by atoms with Crippen LogP contribution in [0.2, 0.25) is 0 Å². The lowest BCUT2D eigenvalue weighted by Crippen LogP contribution is -2.16. The summed E-state index contributed by atoms with van der Waals surface area (Å²) in [7, 11) is 0. The van der Waals surface area contributed by atoms with Crippen molar-refractivity contribution in [3.8, 4) is 27.9 Å². The molecule has 0 N–H and O–H groups in total. The molecule has 278 valence electrons. The molecule has 0 bridgehead atoms. The van der Waals surface area contributed by atoms with Crippen LogP contribution in [0, 0.1) is 0 Å². The van der Waals surface area contributed by atoms with Gasteiger partial charge in [-0.15, -0.1) is 0 Å². The standard InChI is InChI=1S/C57H40N2/c1-57(2)50-27-15-13-22-43(50)44-34-33-41(35-51(44)57)58(40-31-29-38(30-32-40)37-17-5-3-6-18-37)53-36-49-42-21-9-12-25-47(42)56-55(54(49)46-24-11-10-23-45(46)53)48-26-14-16-28-52(48)59(56)39-19-7-4-8-20-39/h3-36H,1-2H3. The van der Waals surface area contributed by atoms with E-state index in [1.807, 2.05) is 0 Å². The average Bonchev–Trinajstić information content (AvgIpc) is 3.76. The Bertz CT molecular complexity index is 3450. The molecule has 1 aliphatic carbocycles. The van der Waals surface area contributed by atoms with Gasteiger partial charge >= 0.3 is 0 Å². The van der Waals surface area contributed by atoms with Crippen LogP contribution in [0.15, 0.2) is 206 Å². The zero-order valence-corrected chi connectivity index (χ0v) is 33.0. The van der Waals surface area contributed by atoms with Gasteiger partial charge in [0.25, 0.3) is 0 Å². The summed E-state index contributed by atoms with van der Waals surface area (Å²) < 4.78 is 2.47. The Morgan fingerprint density at radius 2 is 0.966 bits per heavy atom. The number of hydrogen-bond acceptors (Lipinski definition) is 1. The summed E-state index contributed by atoms with van der Waals surface area (Å²) in [5.74, 6) is 0. The monoisotopic (exact) mass is 752 g/mol. The third-order valence-corrected chi connectivity index (χ3v) is 12.9. The average molecular weight is 753 g/mol. The van der Waals surface area contributed by atoms with E-state index in [1.165, 1.54) is 87.5 Å². The first-order valence-electron chi connectivity index (χ1n) is 20.6. The second-order valence-electron chi connectivity index (χ2n) is 16.5. The van der Waals surface area contributed by atoms with Crippen molar-refractivity contribution in [3.63, 3.8) is 0 Å². The zero-order chi connectivity index (χ0) is 39.2. The number of para-hydroxylation sites is 2. The molecule has 0 fully saturated rings. The number of fused-ring (bicyclic) bond motifs is 13. The fraction of sp³-hybridized carbons (Fsp3) is 0.0526. The maximum absolute atomic E-state index is 2.50. The molecule has 2 nitrogen and oxygen atoms in total. The molecular weight excluding hydrogens is 713 g/mol. The van der Waals surface area contributed by atoms with E-state index in [0.717, 1.165) is 22.7 Å². The van der Waals surface area contributed by atoms with Crippen LogP contribution >= 0.6 is 0 Å². The minimum absolute atomic E-state index is 0.134. The molecule has 59 heavy (non-hydrogen) atoms. The number of hydrogen-bond donors (Lipinski definition) is 0. The van der Waals surface area contributed by atoms with Crippen molar-refractivity contribution in [2.24, 2.45) is 0 Å². The van der Waals surface area contributed by atoms with Crippen LogP contribution in [0.4, 0.5) is 17.1 Å². The number of nitrogens with zero attached hydrogens (tertiary/aromatic N) is 2. The smallest absolute Gasteiger partial charge is 0.0626 e. The summed E-state index contributed by atoms with van der Waals surface area (Å²) >= 11 is 0. The first-order chi connectivity index (χ1) is 29.1. The molecule has 1 aromatic heterocycles. The van der Waals surface area contributed by atoms with Gasteiger partial charge in [-0.05, 0) is 98.1 Å². The molecule has 11 aromatic rings. The predicted octanol–water partition coefficient (Wildman–Crippen LogP) is 15.7. The number of rotatable bonds is 5. The third kappa shape index (κ3) is 4.93. The van der Waals surface area contributed by atoms with Crippen LogP contribution in [0.25, 0.3) is 82.1 Å². The Hall–Kier alpha value is -7.42. The molecule has 0 radical (unpaired) electrons. The summed E-state index contributed by atoms with van der Waals surface area (Å²) in [5.41, 5.74) is 14.7. The highest BCUT2D eigenvalue weighted by Crippen LogP contribution is 2.53. The SMILES string of the molecule is CC1(C)c2ccccc2-c2ccc(N(c3ccc(-c4ccccc4)cc3)c3cc4c5ccccc5c5c(c6ccccc6n5-c5ccccc5)c4c4ccccc34)cc21. The van der Waals surface area contributed by atoms with E-state index in [4.69, 9.17) is 0 Å². The van der Waals surface area contributed by atoms with Gasteiger partial charge in [0, 0.05) is 49.4 Å². The van der Waals surface area contributed by atoms with Gasteiger partial charge in [-0.2, -0.15) is 0 Å². The summed E-state index contributed by atoms with van der Waals surface area (Å²) in [4.78, 5) is 2.50. The van der Waals surface area contributed by atoms with Crippen molar-refractivity contribution in [2.45, 2.75) is 19.3 Å². The third-order valence-electron chi connectivity index (χ3n) is 12.9. The lowest BCUT2D eigenvalue weighted by atomic mass is 9.82. The van der Waals surface area contributed by atoms with E-state index in [0.29, 0.717) is 0 Å². The van der Waals surface area contributed by atoms with Crippen LogP contribution < -0.4 is 4.90 Å². The molecule has 0 unspecified atom stereocenters. The van der Waals surface area contributed by atoms with E-state index in [-0.39, 0.29) is 5.41 Å². The van der Waals surface area contributed by atoms with Crippen molar-refractivity contribution in [3.05, 3.63) is 217 Å². The molecule has 10 aromatic carbocycles. The molecule has 0 saturated heterocycles. The van der Waals surface area contributed by atoms with Gasteiger partial charge in [0.2, 0.25) is 0 Å². The second-order valence-corrected chi connectivity index (χ2v) is 16.5. The Labute approximate surface area is 343 Å². The summed E-state index contributed by atoms with van der Waals surface area (Å²) in [6.45, 7) is 4.74. The van der Waals surface area contributed by atoms with Gasteiger partial charge < -0.3 is 9.47 Å². The lowest BCUT2D eigenvalue weighted by molar-refractivity contribution is 0.660. The van der Waals surface area contributed by atoms with Gasteiger partial charge in [0.15, 0.2) is 0 Å². The zero-order valence-electron chi connectivity index (χ0n) is 33.0. The van der Waals surface area contributed by atoms with E-state index in [9.17, 15) is 0 Å². The Balaban J connectivity index is 1.19. The van der Waals surface area contributed by atoms with Gasteiger partial charge in [-0.1, -0.05) is 172 Å². The van der Waals surface area contributed by atoms with Gasteiger partial charge in [0.1, 0.15) is 0 Å². The second kappa shape index (κ2) is 12.8. The van der Waals surface area contributed by atoms with Crippen molar-refractivity contribution < 1.29 is 0 Å². The van der Waals surface area contributed by atoms with Crippen LogP contribution in [-0.2, 0) is 5.41 Å². The molecule has 0 atom stereocenters. The molecule has 0 aliphatic heterocycles. The van der Waals surface area contributed by atoms with E-state index in [1.54, 1.807) is 0 Å². The molecule has 2 heteroatoms. The van der Waals surface area contributed by atoms with Crippen molar-refractivity contribution >= 4 is 71.2 Å². The number of anilines is 3. The van der Waals surface area contributed by atoms with E-state index < -0.39 is 0 Å². The molecular formula is C57H40N2. The van der Waals surface area contributed by atoms with Crippen molar-refractivity contribution in [1.29, 1.82) is 0 Å². The number of benzene rings is 10. The van der Waals surface area contributed by atoms with Gasteiger partial charge in [-0.25, -0.2) is 0 Å². The first-order valence-corrected chi connectivity index (χ1v) is 20.6. The minimum atomic E-state index is -0.134. The molecule has 1 aliphatic rings. The lowest BCUT2D eigenvalue weighted by Gasteiger charge is -2.30. The van der Waals surface area contributed by atoms with Crippen LogP contribution in [0.5, 0.6) is 0 Å². The Morgan fingerprint density at radius 1 is 0.390 bits per heavy atom. The minimum Gasteiger partial charge on any atom is -0.310 e. The van der Waals surface area contributed by atoms with Gasteiger partial charge in [-0.3, -0.25) is 0 Å². The fourth-order valence-electron chi connectivity index (χ4n) is 10.2. The largest absolute Gasteiger partial charge is 0.310 e. The molecule has 0 spiro atoms. The highest BCUT2D eigenvalue weighted by molar-refractivity contribution is 6.38. The maximum atomic E-state index is 2.50. The highest BCUT2D eigenvalue weighted by atomic mass is 15.1. The summed E-state index contributed by atoms with van der Waals surface area (Å²) in [5, 5.41) is 10.0. The topological polar surface area (TPSA) is 8.17 Å². The normalized spacial score (nSPS) is 13.1. The predicted molar refractivity (Wildman–Crippen MR) is 251 cm³/mol.